The van der Waals surface area contributed by atoms with Crippen LogP contribution in [0.5, 0.6) is 0 Å². The van der Waals surface area contributed by atoms with Gasteiger partial charge in [-0.1, -0.05) is 75.7 Å². The summed E-state index contributed by atoms with van der Waals surface area (Å²) < 4.78 is 9.64. The lowest BCUT2D eigenvalue weighted by atomic mass is 9.43. The Bertz CT molecular complexity index is 884. The van der Waals surface area contributed by atoms with E-state index in [1.807, 2.05) is 0 Å². The predicted octanol–water partition coefficient (Wildman–Crippen LogP) is 6.96. The van der Waals surface area contributed by atoms with Crippen molar-refractivity contribution in [2.45, 2.75) is 65.0 Å². The molecule has 1 N–H and O–H groups in total. The average Bonchev–Trinajstić information content (AvgIpc) is 2.76. The fourth-order valence-corrected chi connectivity index (χ4v) is 5.22. The number of nitrogens with one attached hydrogen (secondary N) is 1. The molecule has 0 aromatic heterocycles. The predicted molar refractivity (Wildman–Crippen MR) is 124 cm³/mol. The van der Waals surface area contributed by atoms with E-state index in [9.17, 15) is 0 Å². The molecular weight excluding hydrogens is 355 g/mol. The molecule has 0 radical (unpaired) electrons. The first-order valence-electron chi connectivity index (χ1n) is 11.4. The number of para-hydroxylation sites is 2. The zero-order valence-corrected chi connectivity index (χ0v) is 17.9. The fourth-order valence-electron chi connectivity index (χ4n) is 5.22. The van der Waals surface area contributed by atoms with Gasteiger partial charge in [0.15, 0.2) is 11.6 Å². The molecule has 0 bridgehead atoms. The minimum atomic E-state index is -1.18. The van der Waals surface area contributed by atoms with Crippen LogP contribution in [0, 0.1) is 0 Å². The second-order valence-corrected chi connectivity index (χ2v) is 8.45. The minimum Gasteiger partial charge on any atom is -0.645 e. The first-order valence-corrected chi connectivity index (χ1v) is 11.4. The monoisotopic (exact) mass is 388 g/mol. The maximum atomic E-state index is 7.03. The van der Waals surface area contributed by atoms with Crippen molar-refractivity contribution in [1.29, 1.82) is 0 Å². The van der Waals surface area contributed by atoms with Crippen LogP contribution in [0.2, 0.25) is 12.6 Å². The highest BCUT2D eigenvalue weighted by Gasteiger charge is 2.48. The molecule has 0 unspecified atom stereocenters. The van der Waals surface area contributed by atoms with Crippen LogP contribution in [-0.4, -0.2) is 16.7 Å². The summed E-state index contributed by atoms with van der Waals surface area (Å²) in [6.45, 7) is 3.38. The van der Waals surface area contributed by atoms with Gasteiger partial charge in [-0.25, -0.2) is 0 Å². The van der Waals surface area contributed by atoms with Crippen molar-refractivity contribution in [2.24, 2.45) is 0 Å². The summed E-state index contributed by atoms with van der Waals surface area (Å²) in [5.41, 5.74) is 5.23. The minimum absolute atomic E-state index is 1.000. The molecule has 29 heavy (non-hydrogen) atoms. The summed E-state index contributed by atoms with van der Waals surface area (Å²) in [4.78, 5) is 0. The van der Waals surface area contributed by atoms with E-state index in [1.165, 1.54) is 29.8 Å². The van der Waals surface area contributed by atoms with E-state index in [4.69, 9.17) is 4.65 Å². The molecule has 3 nitrogen and oxygen atoms in total. The Morgan fingerprint density at radius 2 is 1.48 bits per heavy atom. The summed E-state index contributed by atoms with van der Waals surface area (Å²) in [6.07, 6.45) is 9.06. The molecule has 4 heteroatoms. The molecule has 0 saturated heterocycles. The van der Waals surface area contributed by atoms with Gasteiger partial charge in [-0.2, -0.15) is 0 Å². The van der Waals surface area contributed by atoms with E-state index >= 15 is 0 Å². The summed E-state index contributed by atoms with van der Waals surface area (Å²) in [6, 6.07) is 21.4. The summed E-state index contributed by atoms with van der Waals surface area (Å²) in [7, 11) is 0. The number of rotatable bonds is 7. The van der Waals surface area contributed by atoms with Crippen LogP contribution < -0.4 is 5.32 Å². The van der Waals surface area contributed by atoms with Gasteiger partial charge in [-0.15, -0.1) is 0 Å². The first kappa shape index (κ1) is 19.8. The quantitative estimate of drug-likeness (QED) is 0.519. The molecule has 1 fully saturated rings. The van der Waals surface area contributed by atoms with E-state index in [0.717, 1.165) is 49.9 Å². The number of benzene rings is 2. The number of allylic oxidation sites excluding steroid dienone is 1. The zero-order chi connectivity index (χ0) is 20.1. The molecule has 0 atom stereocenters. The normalized spacial score (nSPS) is 18.3. The third kappa shape index (κ3) is 3.98. The topological polar surface area (TPSA) is 24.3 Å². The van der Waals surface area contributed by atoms with E-state index < -0.39 is 6.48 Å². The standard InChI is InChI=1S/C25H33BN2O/c1-3-19-26(20-4-2)28(22-15-9-6-10-16-22)24-18-12-11-17-23(24)25(29-26)27-21-13-7-5-8-14-21/h5-10,13-16,27H,3-4,11-12,17-20H2,1-2H3. The Balaban J connectivity index is 1.89. The highest BCUT2D eigenvalue weighted by atomic mass is 16.5. The second kappa shape index (κ2) is 8.90. The van der Waals surface area contributed by atoms with Gasteiger partial charge in [-0.3, -0.25) is 0 Å². The maximum Gasteiger partial charge on any atom is 0.457 e. The molecule has 2 aromatic rings. The van der Waals surface area contributed by atoms with Crippen molar-refractivity contribution in [2.75, 3.05) is 5.32 Å². The molecule has 2 aromatic carbocycles. The molecular formula is C25H33BN2O. The Labute approximate surface area is 175 Å². The van der Waals surface area contributed by atoms with Crippen LogP contribution in [0.4, 0.5) is 11.4 Å². The van der Waals surface area contributed by atoms with Crippen LogP contribution in [0.25, 0.3) is 0 Å². The van der Waals surface area contributed by atoms with Crippen molar-refractivity contribution < 1.29 is 9.14 Å². The summed E-state index contributed by atoms with van der Waals surface area (Å²) >= 11 is 0. The molecule has 1 heterocycles. The largest absolute Gasteiger partial charge is 0.645 e. The van der Waals surface area contributed by atoms with Crippen molar-refractivity contribution in [3.05, 3.63) is 72.1 Å². The average molecular weight is 388 g/mol. The van der Waals surface area contributed by atoms with Crippen LogP contribution in [-0.2, 0) is 4.65 Å². The van der Waals surface area contributed by atoms with Crippen molar-refractivity contribution in [3.63, 3.8) is 0 Å². The number of hydrogen-bond donors (Lipinski definition) is 1. The van der Waals surface area contributed by atoms with Gasteiger partial charge in [0.05, 0.1) is 5.57 Å². The SMILES string of the molecule is CCC[B-]1(CCC)OC(Nc2ccccc2)=C2CCCCC2=[N+]1c1ccccc1. The Kier molecular flexibility index (Phi) is 6.08. The number of anilines is 1. The molecule has 1 saturated carbocycles. The molecule has 0 spiro atoms. The lowest BCUT2D eigenvalue weighted by Crippen LogP contribution is -2.54. The van der Waals surface area contributed by atoms with E-state index in [1.54, 1.807) is 0 Å². The van der Waals surface area contributed by atoms with E-state index in [-0.39, 0.29) is 0 Å². The molecule has 152 valence electrons. The maximum absolute atomic E-state index is 7.03. The smallest absolute Gasteiger partial charge is 0.457 e. The van der Waals surface area contributed by atoms with Gasteiger partial charge in [0.2, 0.25) is 0 Å². The summed E-state index contributed by atoms with van der Waals surface area (Å²) in [5, 5.41) is 3.65. The molecule has 1 aliphatic heterocycles. The fraction of sp³-hybridized carbons (Fsp3) is 0.400. The van der Waals surface area contributed by atoms with Crippen LogP contribution >= 0.6 is 0 Å². The highest BCUT2D eigenvalue weighted by molar-refractivity contribution is 6.67. The van der Waals surface area contributed by atoms with Gasteiger partial charge in [0.25, 0.3) is 0 Å². The van der Waals surface area contributed by atoms with Gasteiger partial charge < -0.3 is 14.5 Å². The van der Waals surface area contributed by atoms with Gasteiger partial charge in [-0.05, 0) is 31.4 Å². The zero-order valence-electron chi connectivity index (χ0n) is 17.9. The Morgan fingerprint density at radius 3 is 2.14 bits per heavy atom. The molecule has 1 aliphatic carbocycles. The summed E-state index contributed by atoms with van der Waals surface area (Å²) in [5.74, 6) is 1.000. The van der Waals surface area contributed by atoms with Crippen LogP contribution in [0.15, 0.2) is 72.1 Å². The van der Waals surface area contributed by atoms with Gasteiger partial charge in [0, 0.05) is 24.2 Å². The highest BCUT2D eigenvalue weighted by Crippen LogP contribution is 2.39. The first-order chi connectivity index (χ1) is 14.3. The number of nitrogens with zero attached hydrogens (tertiary/aromatic N) is 1. The second-order valence-electron chi connectivity index (χ2n) is 8.45. The lowest BCUT2D eigenvalue weighted by molar-refractivity contribution is -0.327. The third-order valence-electron chi connectivity index (χ3n) is 6.36. The van der Waals surface area contributed by atoms with Crippen molar-refractivity contribution >= 4 is 23.6 Å². The number of fused-ring (bicyclic) bond motifs is 1. The van der Waals surface area contributed by atoms with Crippen LogP contribution in [0.1, 0.15) is 52.4 Å². The van der Waals surface area contributed by atoms with Crippen molar-refractivity contribution in [3.8, 4) is 0 Å². The van der Waals surface area contributed by atoms with E-state index in [2.05, 4.69) is 84.3 Å². The Morgan fingerprint density at radius 1 is 0.862 bits per heavy atom. The van der Waals surface area contributed by atoms with Crippen molar-refractivity contribution in [1.82, 2.24) is 0 Å². The van der Waals surface area contributed by atoms with Gasteiger partial charge in [0.1, 0.15) is 5.71 Å². The molecule has 4 rings (SSSR count). The molecule has 0 amide bonds. The Hall–Kier alpha value is -2.49. The van der Waals surface area contributed by atoms with Gasteiger partial charge >= 0.3 is 6.48 Å². The van der Waals surface area contributed by atoms with E-state index in [0.29, 0.717) is 0 Å². The molecule has 2 aliphatic rings. The van der Waals surface area contributed by atoms with Crippen LogP contribution in [0.3, 0.4) is 0 Å². The lowest BCUT2D eigenvalue weighted by Gasteiger charge is -2.45. The number of hydrogen-bond acceptors (Lipinski definition) is 2. The third-order valence-corrected chi connectivity index (χ3v) is 6.36.